The first-order valence-corrected chi connectivity index (χ1v) is 6.67. The van der Waals surface area contributed by atoms with E-state index in [4.69, 9.17) is 5.73 Å². The second-order valence-corrected chi connectivity index (χ2v) is 5.67. The molecule has 2 unspecified atom stereocenters. The Bertz CT molecular complexity index is 395. The molecule has 4 heteroatoms. The number of nitrogens with one attached hydrogen (secondary N) is 1. The van der Waals surface area contributed by atoms with Crippen LogP contribution >= 0.6 is 22.6 Å². The van der Waals surface area contributed by atoms with Crippen molar-refractivity contribution in [1.29, 1.82) is 0 Å². The molecule has 1 saturated carbocycles. The highest BCUT2D eigenvalue weighted by molar-refractivity contribution is 14.1. The fraction of sp³-hybridized carbons (Fsp3) is 0.500. The van der Waals surface area contributed by atoms with Crippen molar-refractivity contribution in [3.05, 3.63) is 21.5 Å². The van der Waals surface area contributed by atoms with Crippen LogP contribution in [0.25, 0.3) is 0 Å². The minimum atomic E-state index is -0.206. The number of benzene rings is 1. The number of halogens is 2. The SMILES string of the molecule is CC1CCCC1Nc1cc(F)c(I)cc1N. The van der Waals surface area contributed by atoms with E-state index in [1.165, 1.54) is 18.9 Å². The Morgan fingerprint density at radius 2 is 2.19 bits per heavy atom. The van der Waals surface area contributed by atoms with Gasteiger partial charge in [-0.15, -0.1) is 0 Å². The van der Waals surface area contributed by atoms with E-state index < -0.39 is 0 Å². The van der Waals surface area contributed by atoms with Gasteiger partial charge in [-0.2, -0.15) is 0 Å². The van der Waals surface area contributed by atoms with Crippen LogP contribution in [0.1, 0.15) is 26.2 Å². The Labute approximate surface area is 109 Å². The monoisotopic (exact) mass is 334 g/mol. The molecule has 0 bridgehead atoms. The van der Waals surface area contributed by atoms with Crippen LogP contribution in [0.15, 0.2) is 12.1 Å². The first kappa shape index (κ1) is 12.0. The highest BCUT2D eigenvalue weighted by Gasteiger charge is 2.23. The van der Waals surface area contributed by atoms with Gasteiger partial charge in [0.2, 0.25) is 0 Å². The van der Waals surface area contributed by atoms with Crippen LogP contribution in [0.2, 0.25) is 0 Å². The van der Waals surface area contributed by atoms with Crippen molar-refractivity contribution in [2.24, 2.45) is 5.92 Å². The minimum absolute atomic E-state index is 0.206. The van der Waals surface area contributed by atoms with Crippen LogP contribution < -0.4 is 11.1 Å². The molecular formula is C12H16FIN2. The summed E-state index contributed by atoms with van der Waals surface area (Å²) in [5, 5.41) is 3.36. The van der Waals surface area contributed by atoms with Crippen LogP contribution in [0.4, 0.5) is 15.8 Å². The first-order valence-electron chi connectivity index (χ1n) is 5.59. The van der Waals surface area contributed by atoms with Gasteiger partial charge in [-0.1, -0.05) is 13.3 Å². The van der Waals surface area contributed by atoms with Crippen molar-refractivity contribution in [3.63, 3.8) is 0 Å². The Kier molecular flexibility index (Phi) is 3.56. The van der Waals surface area contributed by atoms with Crippen LogP contribution in [0.5, 0.6) is 0 Å². The van der Waals surface area contributed by atoms with E-state index in [1.54, 1.807) is 6.07 Å². The average molecular weight is 334 g/mol. The van der Waals surface area contributed by atoms with E-state index in [-0.39, 0.29) is 5.82 Å². The van der Waals surface area contributed by atoms with Crippen molar-refractivity contribution in [3.8, 4) is 0 Å². The third kappa shape index (κ3) is 2.42. The lowest BCUT2D eigenvalue weighted by molar-refractivity contribution is 0.555. The van der Waals surface area contributed by atoms with Gasteiger partial charge in [-0.3, -0.25) is 0 Å². The molecule has 0 aliphatic heterocycles. The van der Waals surface area contributed by atoms with Crippen LogP contribution in [-0.2, 0) is 0 Å². The maximum absolute atomic E-state index is 13.4. The zero-order chi connectivity index (χ0) is 11.7. The van der Waals surface area contributed by atoms with E-state index in [1.807, 2.05) is 22.6 Å². The molecule has 88 valence electrons. The molecule has 0 amide bonds. The summed E-state index contributed by atoms with van der Waals surface area (Å²) in [5.74, 6) is 0.435. The lowest BCUT2D eigenvalue weighted by atomic mass is 10.1. The van der Waals surface area contributed by atoms with Crippen molar-refractivity contribution >= 4 is 34.0 Å². The van der Waals surface area contributed by atoms with E-state index >= 15 is 0 Å². The molecule has 2 nitrogen and oxygen atoms in total. The molecule has 0 saturated heterocycles. The molecule has 1 aliphatic carbocycles. The highest BCUT2D eigenvalue weighted by Crippen LogP contribution is 2.31. The normalized spacial score (nSPS) is 24.7. The van der Waals surface area contributed by atoms with Gasteiger partial charge in [0, 0.05) is 12.1 Å². The Balaban J connectivity index is 2.18. The molecule has 1 aromatic carbocycles. The van der Waals surface area contributed by atoms with E-state index in [0.717, 1.165) is 12.1 Å². The summed E-state index contributed by atoms with van der Waals surface area (Å²) in [7, 11) is 0. The summed E-state index contributed by atoms with van der Waals surface area (Å²) in [6.45, 7) is 2.23. The second-order valence-electron chi connectivity index (χ2n) is 4.51. The Morgan fingerprint density at radius 1 is 1.44 bits per heavy atom. The maximum Gasteiger partial charge on any atom is 0.138 e. The summed E-state index contributed by atoms with van der Waals surface area (Å²) in [6.07, 6.45) is 3.63. The molecular weight excluding hydrogens is 318 g/mol. The predicted molar refractivity (Wildman–Crippen MR) is 74.0 cm³/mol. The molecule has 16 heavy (non-hydrogen) atoms. The van der Waals surface area contributed by atoms with Gasteiger partial charge in [0.25, 0.3) is 0 Å². The number of rotatable bonds is 2. The lowest BCUT2D eigenvalue weighted by Gasteiger charge is -2.20. The van der Waals surface area contributed by atoms with Gasteiger partial charge in [0.05, 0.1) is 14.9 Å². The summed E-state index contributed by atoms with van der Waals surface area (Å²) in [4.78, 5) is 0. The second kappa shape index (κ2) is 4.77. The van der Waals surface area contributed by atoms with Crippen molar-refractivity contribution in [2.45, 2.75) is 32.2 Å². The number of hydrogen-bond acceptors (Lipinski definition) is 2. The molecule has 1 fully saturated rings. The van der Waals surface area contributed by atoms with Crippen molar-refractivity contribution in [2.75, 3.05) is 11.1 Å². The van der Waals surface area contributed by atoms with Gasteiger partial charge < -0.3 is 11.1 Å². The molecule has 0 aromatic heterocycles. The van der Waals surface area contributed by atoms with E-state index in [9.17, 15) is 4.39 Å². The minimum Gasteiger partial charge on any atom is -0.397 e. The van der Waals surface area contributed by atoms with Crippen molar-refractivity contribution in [1.82, 2.24) is 0 Å². The average Bonchev–Trinajstić information content (AvgIpc) is 2.61. The molecule has 2 atom stereocenters. The topological polar surface area (TPSA) is 38.0 Å². The van der Waals surface area contributed by atoms with E-state index in [0.29, 0.717) is 21.2 Å². The van der Waals surface area contributed by atoms with Gasteiger partial charge >= 0.3 is 0 Å². The largest absolute Gasteiger partial charge is 0.397 e. The standard InChI is InChI=1S/C12H16FIN2/c1-7-3-2-4-11(7)16-12-5-8(13)9(14)6-10(12)15/h5-7,11,16H,2-4,15H2,1H3. The third-order valence-corrected chi connectivity index (χ3v) is 4.12. The third-order valence-electron chi connectivity index (χ3n) is 3.29. The lowest BCUT2D eigenvalue weighted by Crippen LogP contribution is -2.22. The number of nitrogens with two attached hydrogens (primary N) is 1. The smallest absolute Gasteiger partial charge is 0.138 e. The molecule has 3 N–H and O–H groups in total. The van der Waals surface area contributed by atoms with Gasteiger partial charge in [0.15, 0.2) is 0 Å². The van der Waals surface area contributed by atoms with Crippen LogP contribution in [0, 0.1) is 15.3 Å². The maximum atomic E-state index is 13.4. The zero-order valence-corrected chi connectivity index (χ0v) is 11.4. The number of hydrogen-bond donors (Lipinski definition) is 2. The summed E-state index contributed by atoms with van der Waals surface area (Å²) in [6, 6.07) is 3.61. The van der Waals surface area contributed by atoms with Crippen LogP contribution in [-0.4, -0.2) is 6.04 Å². The highest BCUT2D eigenvalue weighted by atomic mass is 127. The molecule has 1 aromatic rings. The fourth-order valence-electron chi connectivity index (χ4n) is 2.25. The molecule has 1 aliphatic rings. The summed E-state index contributed by atoms with van der Waals surface area (Å²) >= 11 is 1.95. The molecule has 0 radical (unpaired) electrons. The number of nitrogen functional groups attached to an aromatic ring is 1. The number of anilines is 2. The summed E-state index contributed by atoms with van der Waals surface area (Å²) in [5.41, 5.74) is 7.24. The molecule has 0 heterocycles. The zero-order valence-electron chi connectivity index (χ0n) is 9.26. The Hall–Kier alpha value is -0.520. The predicted octanol–water partition coefficient (Wildman–Crippen LogP) is 3.61. The fourth-order valence-corrected chi connectivity index (χ4v) is 2.74. The Morgan fingerprint density at radius 3 is 2.81 bits per heavy atom. The van der Waals surface area contributed by atoms with Gasteiger partial charge in [0.1, 0.15) is 5.82 Å². The van der Waals surface area contributed by atoms with Crippen molar-refractivity contribution < 1.29 is 4.39 Å². The van der Waals surface area contributed by atoms with Crippen LogP contribution in [0.3, 0.4) is 0 Å². The molecule has 2 rings (SSSR count). The quantitative estimate of drug-likeness (QED) is 0.640. The molecule has 0 spiro atoms. The first-order chi connectivity index (χ1) is 7.58. The van der Waals surface area contributed by atoms with E-state index in [2.05, 4.69) is 12.2 Å². The van der Waals surface area contributed by atoms with Gasteiger partial charge in [-0.05, 0) is 47.4 Å². The summed E-state index contributed by atoms with van der Waals surface area (Å²) < 4.78 is 14.0. The van der Waals surface area contributed by atoms with Gasteiger partial charge in [-0.25, -0.2) is 4.39 Å².